The Hall–Kier alpha value is -1.04. The summed E-state index contributed by atoms with van der Waals surface area (Å²) >= 11 is 3.88. The summed E-state index contributed by atoms with van der Waals surface area (Å²) in [6.45, 7) is 1.75. The SMILES string of the molecule is Cc1ccc(C(=O)O)cc1C(O)C(O)CS. The van der Waals surface area contributed by atoms with Crippen molar-refractivity contribution in [2.45, 2.75) is 19.1 Å². The van der Waals surface area contributed by atoms with Crippen LogP contribution in [0.2, 0.25) is 0 Å². The van der Waals surface area contributed by atoms with Crippen molar-refractivity contribution in [2.75, 3.05) is 5.75 Å². The zero-order valence-electron chi connectivity index (χ0n) is 8.79. The highest BCUT2D eigenvalue weighted by atomic mass is 32.1. The lowest BCUT2D eigenvalue weighted by Gasteiger charge is -2.18. The zero-order valence-corrected chi connectivity index (χ0v) is 9.69. The molecular formula is C11H14O4S. The van der Waals surface area contributed by atoms with Crippen LogP contribution < -0.4 is 0 Å². The number of thiol groups is 1. The van der Waals surface area contributed by atoms with E-state index in [0.717, 1.165) is 5.56 Å². The van der Waals surface area contributed by atoms with Crippen LogP contribution in [0.3, 0.4) is 0 Å². The first-order chi connectivity index (χ1) is 7.47. The minimum atomic E-state index is -1.11. The molecule has 88 valence electrons. The summed E-state index contributed by atoms with van der Waals surface area (Å²) in [5.74, 6) is -0.952. The lowest BCUT2D eigenvalue weighted by molar-refractivity contribution is 0.0332. The number of aliphatic hydroxyl groups is 2. The molecule has 2 unspecified atom stereocenters. The molecule has 0 radical (unpaired) electrons. The second-order valence-electron chi connectivity index (χ2n) is 3.57. The van der Waals surface area contributed by atoms with Crippen LogP contribution in [0, 0.1) is 6.92 Å². The summed E-state index contributed by atoms with van der Waals surface area (Å²) in [5.41, 5.74) is 1.24. The Morgan fingerprint density at radius 1 is 1.44 bits per heavy atom. The van der Waals surface area contributed by atoms with Gasteiger partial charge >= 0.3 is 5.97 Å². The fourth-order valence-electron chi connectivity index (χ4n) is 1.40. The average molecular weight is 242 g/mol. The van der Waals surface area contributed by atoms with Crippen LogP contribution in [-0.2, 0) is 0 Å². The lowest BCUT2D eigenvalue weighted by Crippen LogP contribution is -2.21. The van der Waals surface area contributed by atoms with Gasteiger partial charge in [0.15, 0.2) is 0 Å². The maximum atomic E-state index is 10.8. The Labute approximate surface area is 99.0 Å². The van der Waals surface area contributed by atoms with Crippen LogP contribution in [-0.4, -0.2) is 33.1 Å². The minimum Gasteiger partial charge on any atom is -0.478 e. The van der Waals surface area contributed by atoms with Gasteiger partial charge in [-0.05, 0) is 30.2 Å². The van der Waals surface area contributed by atoms with Crippen LogP contribution in [0.15, 0.2) is 18.2 Å². The molecular weight excluding hydrogens is 228 g/mol. The van der Waals surface area contributed by atoms with E-state index >= 15 is 0 Å². The number of aliphatic hydroxyl groups excluding tert-OH is 2. The van der Waals surface area contributed by atoms with Crippen molar-refractivity contribution in [1.29, 1.82) is 0 Å². The van der Waals surface area contributed by atoms with Gasteiger partial charge in [-0.3, -0.25) is 0 Å². The van der Waals surface area contributed by atoms with Crippen LogP contribution in [0.1, 0.15) is 27.6 Å². The van der Waals surface area contributed by atoms with E-state index in [0.29, 0.717) is 5.56 Å². The van der Waals surface area contributed by atoms with Gasteiger partial charge in [0.2, 0.25) is 0 Å². The topological polar surface area (TPSA) is 77.8 Å². The van der Waals surface area contributed by atoms with E-state index < -0.39 is 18.2 Å². The third kappa shape index (κ3) is 2.75. The summed E-state index contributed by atoms with van der Waals surface area (Å²) in [6.07, 6.45) is -2.12. The summed E-state index contributed by atoms with van der Waals surface area (Å²) in [5, 5.41) is 28.1. The van der Waals surface area contributed by atoms with Crippen LogP contribution in [0.5, 0.6) is 0 Å². The molecule has 5 heteroatoms. The van der Waals surface area contributed by atoms with Gasteiger partial charge in [0.1, 0.15) is 6.10 Å². The normalized spacial score (nSPS) is 14.5. The van der Waals surface area contributed by atoms with E-state index in [9.17, 15) is 15.0 Å². The number of hydrogen-bond acceptors (Lipinski definition) is 4. The molecule has 0 aromatic heterocycles. The number of aromatic carboxylic acids is 1. The number of aryl methyl sites for hydroxylation is 1. The van der Waals surface area contributed by atoms with Gasteiger partial charge in [-0.25, -0.2) is 4.79 Å². The molecule has 0 saturated heterocycles. The molecule has 2 atom stereocenters. The number of carboxylic acids is 1. The molecule has 0 spiro atoms. The highest BCUT2D eigenvalue weighted by Gasteiger charge is 2.20. The van der Waals surface area contributed by atoms with Gasteiger partial charge in [-0.15, -0.1) is 0 Å². The predicted octanol–water partition coefficient (Wildman–Crippen LogP) is 1.02. The lowest BCUT2D eigenvalue weighted by atomic mass is 9.97. The molecule has 0 bridgehead atoms. The third-order valence-corrected chi connectivity index (χ3v) is 2.77. The van der Waals surface area contributed by atoms with Crippen molar-refractivity contribution in [2.24, 2.45) is 0 Å². The van der Waals surface area contributed by atoms with Crippen LogP contribution in [0.25, 0.3) is 0 Å². The van der Waals surface area contributed by atoms with E-state index in [1.165, 1.54) is 12.1 Å². The van der Waals surface area contributed by atoms with E-state index in [-0.39, 0.29) is 11.3 Å². The van der Waals surface area contributed by atoms with Gasteiger partial charge < -0.3 is 15.3 Å². The number of carbonyl (C=O) groups is 1. The van der Waals surface area contributed by atoms with Gasteiger partial charge in [0.25, 0.3) is 0 Å². The van der Waals surface area contributed by atoms with Gasteiger partial charge in [-0.1, -0.05) is 6.07 Å². The molecule has 0 amide bonds. The Morgan fingerprint density at radius 2 is 2.06 bits per heavy atom. The molecule has 0 saturated carbocycles. The quantitative estimate of drug-likeness (QED) is 0.594. The van der Waals surface area contributed by atoms with Crippen molar-refractivity contribution < 1.29 is 20.1 Å². The van der Waals surface area contributed by atoms with Crippen molar-refractivity contribution >= 4 is 18.6 Å². The Kier molecular flexibility index (Phi) is 4.35. The average Bonchev–Trinajstić information content (AvgIpc) is 2.27. The van der Waals surface area contributed by atoms with Crippen molar-refractivity contribution in [3.05, 3.63) is 34.9 Å². The second kappa shape index (κ2) is 5.34. The molecule has 4 nitrogen and oxygen atoms in total. The molecule has 1 aromatic rings. The number of carboxylic acid groups (broad SMARTS) is 1. The van der Waals surface area contributed by atoms with Crippen molar-refractivity contribution in [3.8, 4) is 0 Å². The fourth-order valence-corrected chi connectivity index (χ4v) is 1.60. The maximum absolute atomic E-state index is 10.8. The van der Waals surface area contributed by atoms with Crippen molar-refractivity contribution in [3.63, 3.8) is 0 Å². The van der Waals surface area contributed by atoms with Gasteiger partial charge in [-0.2, -0.15) is 12.6 Å². The third-order valence-electron chi connectivity index (χ3n) is 2.40. The molecule has 0 heterocycles. The number of hydrogen-bond donors (Lipinski definition) is 4. The van der Waals surface area contributed by atoms with Crippen molar-refractivity contribution in [1.82, 2.24) is 0 Å². The maximum Gasteiger partial charge on any atom is 0.335 e. The molecule has 0 aliphatic rings. The van der Waals surface area contributed by atoms with Gasteiger partial charge in [0.05, 0.1) is 11.7 Å². The standard InChI is InChI=1S/C11H14O4S/c1-6-2-3-7(11(14)15)4-8(6)10(13)9(12)5-16/h2-4,9-10,12-13,16H,5H2,1H3,(H,14,15). The van der Waals surface area contributed by atoms with E-state index in [1.807, 2.05) is 0 Å². The van der Waals surface area contributed by atoms with E-state index in [1.54, 1.807) is 13.0 Å². The Balaban J connectivity index is 3.11. The molecule has 1 rings (SSSR count). The van der Waals surface area contributed by atoms with Crippen LogP contribution in [0.4, 0.5) is 0 Å². The van der Waals surface area contributed by atoms with Gasteiger partial charge in [0, 0.05) is 5.75 Å². The summed E-state index contributed by atoms with van der Waals surface area (Å²) < 4.78 is 0. The summed E-state index contributed by atoms with van der Waals surface area (Å²) in [7, 11) is 0. The molecule has 1 aromatic carbocycles. The first kappa shape index (κ1) is 13.0. The van der Waals surface area contributed by atoms with E-state index in [2.05, 4.69) is 12.6 Å². The molecule has 0 aliphatic carbocycles. The second-order valence-corrected chi connectivity index (χ2v) is 3.94. The highest BCUT2D eigenvalue weighted by Crippen LogP contribution is 2.22. The fraction of sp³-hybridized carbons (Fsp3) is 0.364. The molecule has 0 fully saturated rings. The summed E-state index contributed by atoms with van der Waals surface area (Å²) in [4.78, 5) is 10.8. The number of benzene rings is 1. The van der Waals surface area contributed by atoms with E-state index in [4.69, 9.17) is 5.11 Å². The van der Waals surface area contributed by atoms with Crippen LogP contribution >= 0.6 is 12.6 Å². The first-order valence-electron chi connectivity index (χ1n) is 4.78. The summed E-state index contributed by atoms with van der Waals surface area (Å²) in [6, 6.07) is 4.43. The largest absolute Gasteiger partial charge is 0.478 e. The molecule has 0 aliphatic heterocycles. The monoisotopic (exact) mass is 242 g/mol. The first-order valence-corrected chi connectivity index (χ1v) is 5.41. The molecule has 16 heavy (non-hydrogen) atoms. The highest BCUT2D eigenvalue weighted by molar-refractivity contribution is 7.80. The zero-order chi connectivity index (χ0) is 12.3. The Bertz CT molecular complexity index is 392. The Morgan fingerprint density at radius 3 is 2.56 bits per heavy atom. The smallest absolute Gasteiger partial charge is 0.335 e. The molecule has 3 N–H and O–H groups in total. The number of rotatable bonds is 4. The minimum absolute atomic E-state index is 0.0889. The predicted molar refractivity (Wildman–Crippen MR) is 63.0 cm³/mol.